The molecule has 0 radical (unpaired) electrons. The van der Waals surface area contributed by atoms with Crippen LogP contribution in [0.4, 0.5) is 4.39 Å². The zero-order valence-electron chi connectivity index (χ0n) is 19.6. The van der Waals surface area contributed by atoms with Crippen LogP contribution >= 0.6 is 0 Å². The van der Waals surface area contributed by atoms with Crippen LogP contribution in [0.1, 0.15) is 31.7 Å². The third-order valence-corrected chi connectivity index (χ3v) is 7.94. The first-order valence-electron chi connectivity index (χ1n) is 12.0. The number of para-hydroxylation sites is 1. The number of pyridine rings is 1. The second-order valence-corrected chi connectivity index (χ2v) is 9.86. The third kappa shape index (κ3) is 3.15. The van der Waals surface area contributed by atoms with Gasteiger partial charge >= 0.3 is 0 Å². The van der Waals surface area contributed by atoms with E-state index in [0.29, 0.717) is 11.3 Å². The third-order valence-electron chi connectivity index (χ3n) is 7.94. The van der Waals surface area contributed by atoms with Gasteiger partial charge in [-0.25, -0.2) is 9.37 Å². The zero-order chi connectivity index (χ0) is 24.3. The fourth-order valence-corrected chi connectivity index (χ4v) is 6.24. The first kappa shape index (κ1) is 21.7. The molecule has 6 rings (SSSR count). The molecule has 0 bridgehead atoms. The van der Waals surface area contributed by atoms with Gasteiger partial charge in [-0.3, -0.25) is 9.55 Å². The fraction of sp³-hybridized carbons (Fsp3) is 0.276. The molecule has 0 spiro atoms. The minimum Gasteiger partial charge on any atom is -0.387 e. The summed E-state index contributed by atoms with van der Waals surface area (Å²) in [6.45, 7) is 4.14. The number of imidazole rings is 1. The summed E-state index contributed by atoms with van der Waals surface area (Å²) in [7, 11) is 0. The van der Waals surface area contributed by atoms with Crippen molar-refractivity contribution < 1.29 is 9.50 Å². The van der Waals surface area contributed by atoms with E-state index < -0.39 is 11.5 Å². The van der Waals surface area contributed by atoms with Crippen molar-refractivity contribution in [1.82, 2.24) is 14.5 Å². The maximum Gasteiger partial charge on any atom is 0.145 e. The number of benzene rings is 2. The number of nitriles is 1. The number of nitrogens with zero attached hydrogens (tertiary/aromatic N) is 4. The standard InChI is InChI=1S/C29H25FN4O/c1-17-23-10-11-25-27(29(23,2)15-18(16-31)26(17)35)33-28(34(25)20-7-5-6-19(30)14-20)22-12-13-32-24-9-4-3-8-21(22)24/h3-9,12-15,17,23,26,35H,10-11H2,1-2H3/t17-,23-,26?,29-/m1/s1. The quantitative estimate of drug-likeness (QED) is 0.425. The molecule has 174 valence electrons. The Hall–Kier alpha value is -3.82. The van der Waals surface area contributed by atoms with Crippen molar-refractivity contribution in [2.75, 3.05) is 0 Å². The van der Waals surface area contributed by atoms with Crippen LogP contribution in [-0.2, 0) is 11.8 Å². The van der Waals surface area contributed by atoms with E-state index in [9.17, 15) is 14.8 Å². The van der Waals surface area contributed by atoms with E-state index in [1.54, 1.807) is 12.3 Å². The van der Waals surface area contributed by atoms with Gasteiger partial charge in [-0.05, 0) is 55.0 Å². The second-order valence-electron chi connectivity index (χ2n) is 9.86. The molecule has 0 aliphatic heterocycles. The molecule has 1 N–H and O–H groups in total. The van der Waals surface area contributed by atoms with Gasteiger partial charge in [-0.2, -0.15) is 5.26 Å². The number of aromatic nitrogens is 3. The highest BCUT2D eigenvalue weighted by Gasteiger charge is 2.50. The van der Waals surface area contributed by atoms with E-state index in [-0.39, 0.29) is 17.7 Å². The lowest BCUT2D eigenvalue weighted by Crippen LogP contribution is -2.47. The first-order valence-corrected chi connectivity index (χ1v) is 12.0. The van der Waals surface area contributed by atoms with Crippen LogP contribution in [-0.4, -0.2) is 25.7 Å². The SMILES string of the molecule is C[C@H]1C(O)C(C#N)=C[C@@]2(C)c3nc(-c4ccnc5ccccc45)n(-c4cccc(F)c4)c3CC[C@H]12. The molecular formula is C29H25FN4O. The minimum atomic E-state index is -0.770. The number of allylic oxidation sites excluding steroid dienone is 1. The van der Waals surface area contributed by atoms with E-state index in [2.05, 4.69) is 22.5 Å². The Kier molecular flexibility index (Phi) is 4.87. The molecule has 6 heteroatoms. The number of fused-ring (bicyclic) bond motifs is 4. The monoisotopic (exact) mass is 464 g/mol. The maximum atomic E-state index is 14.4. The highest BCUT2D eigenvalue weighted by Crippen LogP contribution is 2.51. The van der Waals surface area contributed by atoms with E-state index in [1.807, 2.05) is 49.4 Å². The number of hydrogen-bond donors (Lipinski definition) is 1. The minimum absolute atomic E-state index is 0.0719. The molecule has 2 aromatic heterocycles. The highest BCUT2D eigenvalue weighted by atomic mass is 19.1. The van der Waals surface area contributed by atoms with Gasteiger partial charge in [0.15, 0.2) is 0 Å². The van der Waals surface area contributed by atoms with Crippen LogP contribution in [0.2, 0.25) is 0 Å². The smallest absolute Gasteiger partial charge is 0.145 e. The molecule has 0 amide bonds. The largest absolute Gasteiger partial charge is 0.387 e. The van der Waals surface area contributed by atoms with Crippen molar-refractivity contribution >= 4 is 10.9 Å². The predicted octanol–water partition coefficient (Wildman–Crippen LogP) is 5.51. The molecule has 0 saturated carbocycles. The van der Waals surface area contributed by atoms with E-state index >= 15 is 0 Å². The molecule has 4 aromatic rings. The molecular weight excluding hydrogens is 439 g/mol. The van der Waals surface area contributed by atoms with E-state index in [4.69, 9.17) is 4.98 Å². The molecule has 0 fully saturated rings. The summed E-state index contributed by atoms with van der Waals surface area (Å²) in [4.78, 5) is 9.75. The van der Waals surface area contributed by atoms with Crippen LogP contribution in [0.3, 0.4) is 0 Å². The first-order chi connectivity index (χ1) is 16.9. The lowest BCUT2D eigenvalue weighted by molar-refractivity contribution is 0.0668. The zero-order valence-corrected chi connectivity index (χ0v) is 19.6. The summed E-state index contributed by atoms with van der Waals surface area (Å²) in [5.41, 5.74) is 4.27. The average molecular weight is 465 g/mol. The van der Waals surface area contributed by atoms with Crippen LogP contribution in [0, 0.1) is 29.0 Å². The Bertz CT molecular complexity index is 1540. The summed E-state index contributed by atoms with van der Waals surface area (Å²) in [5.74, 6) is 0.487. The topological polar surface area (TPSA) is 74.7 Å². The Morgan fingerprint density at radius 1 is 1.17 bits per heavy atom. The van der Waals surface area contributed by atoms with E-state index in [0.717, 1.165) is 46.5 Å². The van der Waals surface area contributed by atoms with Gasteiger partial charge in [0, 0.05) is 28.3 Å². The lowest BCUT2D eigenvalue weighted by atomic mass is 9.58. The molecule has 4 atom stereocenters. The van der Waals surface area contributed by atoms with Crippen molar-refractivity contribution in [2.24, 2.45) is 11.8 Å². The van der Waals surface area contributed by atoms with Crippen molar-refractivity contribution in [3.63, 3.8) is 0 Å². The summed E-state index contributed by atoms with van der Waals surface area (Å²) < 4.78 is 16.5. The van der Waals surface area contributed by atoms with Gasteiger partial charge in [0.1, 0.15) is 11.6 Å². The van der Waals surface area contributed by atoms with Crippen LogP contribution in [0.25, 0.3) is 28.0 Å². The lowest BCUT2D eigenvalue weighted by Gasteiger charge is -2.46. The van der Waals surface area contributed by atoms with Crippen molar-refractivity contribution in [3.8, 4) is 23.1 Å². The van der Waals surface area contributed by atoms with Crippen molar-refractivity contribution in [3.05, 3.63) is 89.6 Å². The summed E-state index contributed by atoms with van der Waals surface area (Å²) in [5, 5.41) is 21.5. The number of halogens is 1. The molecule has 2 aromatic carbocycles. The molecule has 2 heterocycles. The highest BCUT2D eigenvalue weighted by molar-refractivity contribution is 5.93. The van der Waals surface area contributed by atoms with Crippen LogP contribution < -0.4 is 0 Å². The number of rotatable bonds is 2. The molecule has 2 aliphatic rings. The van der Waals surface area contributed by atoms with Crippen molar-refractivity contribution in [2.45, 2.75) is 38.2 Å². The van der Waals surface area contributed by atoms with Crippen molar-refractivity contribution in [1.29, 1.82) is 5.26 Å². The van der Waals surface area contributed by atoms with Gasteiger partial charge < -0.3 is 5.11 Å². The van der Waals surface area contributed by atoms with Gasteiger partial charge in [0.05, 0.1) is 34.6 Å². The fourth-order valence-electron chi connectivity index (χ4n) is 6.24. The molecule has 5 nitrogen and oxygen atoms in total. The number of aliphatic hydroxyl groups is 1. The Morgan fingerprint density at radius 3 is 2.80 bits per heavy atom. The Balaban J connectivity index is 1.68. The predicted molar refractivity (Wildman–Crippen MR) is 132 cm³/mol. The van der Waals surface area contributed by atoms with E-state index in [1.165, 1.54) is 12.1 Å². The van der Waals surface area contributed by atoms with Gasteiger partial charge in [0.2, 0.25) is 0 Å². The molecule has 0 saturated heterocycles. The molecule has 1 unspecified atom stereocenters. The summed E-state index contributed by atoms with van der Waals surface area (Å²) >= 11 is 0. The Labute approximate surface area is 203 Å². The average Bonchev–Trinajstić information content (AvgIpc) is 3.27. The summed E-state index contributed by atoms with van der Waals surface area (Å²) in [6, 6.07) is 18.7. The molecule has 2 aliphatic carbocycles. The second kappa shape index (κ2) is 7.86. The normalized spacial score (nSPS) is 25.5. The number of hydrogen-bond acceptors (Lipinski definition) is 4. The van der Waals surface area contributed by atoms with Crippen LogP contribution in [0.5, 0.6) is 0 Å². The summed E-state index contributed by atoms with van der Waals surface area (Å²) in [6.07, 6.45) is 4.51. The number of aliphatic hydroxyl groups excluding tert-OH is 1. The van der Waals surface area contributed by atoms with Gasteiger partial charge in [0.25, 0.3) is 0 Å². The van der Waals surface area contributed by atoms with Gasteiger partial charge in [-0.15, -0.1) is 0 Å². The molecule has 35 heavy (non-hydrogen) atoms. The Morgan fingerprint density at radius 2 is 2.00 bits per heavy atom. The van der Waals surface area contributed by atoms with Gasteiger partial charge in [-0.1, -0.05) is 44.2 Å². The maximum absolute atomic E-state index is 14.4. The van der Waals surface area contributed by atoms with Crippen LogP contribution in [0.15, 0.2) is 72.4 Å².